The zero-order valence-electron chi connectivity index (χ0n) is 6.73. The molecule has 0 aliphatic carbocycles. The minimum atomic E-state index is -1.02. The number of nitrogens with two attached hydrogens (primary N) is 1. The van der Waals surface area contributed by atoms with E-state index in [1.165, 1.54) is 18.5 Å². The Hall–Kier alpha value is -1.91. The van der Waals surface area contributed by atoms with Crippen molar-refractivity contribution in [2.45, 2.75) is 6.42 Å². The van der Waals surface area contributed by atoms with Gasteiger partial charge in [-0.1, -0.05) is 0 Å². The Morgan fingerprint density at radius 1 is 1.54 bits per heavy atom. The number of carbonyl (C=O) groups excluding carboxylic acids is 1. The molecular weight excluding hydrogens is 172 g/mol. The van der Waals surface area contributed by atoms with Crippen LogP contribution < -0.4 is 5.73 Å². The zero-order valence-corrected chi connectivity index (χ0v) is 6.73. The molecule has 5 heteroatoms. The van der Waals surface area contributed by atoms with Gasteiger partial charge in [0, 0.05) is 18.0 Å². The van der Waals surface area contributed by atoms with Crippen LogP contribution in [0.2, 0.25) is 0 Å². The van der Waals surface area contributed by atoms with Gasteiger partial charge in [0.15, 0.2) is 0 Å². The summed E-state index contributed by atoms with van der Waals surface area (Å²) < 4.78 is 0. The van der Waals surface area contributed by atoms with Crippen molar-refractivity contribution >= 4 is 11.9 Å². The summed E-state index contributed by atoms with van der Waals surface area (Å²) in [5.41, 5.74) is 5.57. The predicted octanol–water partition coefficient (Wildman–Crippen LogP) is -0.192. The molecule has 0 saturated carbocycles. The Labute approximate surface area is 74.2 Å². The lowest BCUT2D eigenvalue weighted by Gasteiger charge is -2.01. The molecule has 0 aromatic carbocycles. The van der Waals surface area contributed by atoms with Crippen LogP contribution in [-0.2, 0) is 11.2 Å². The average Bonchev–Trinajstić information content (AvgIpc) is 2.03. The number of carboxylic acids is 1. The fourth-order valence-electron chi connectivity index (χ4n) is 0.971. The maximum Gasteiger partial charge on any atom is 0.307 e. The molecule has 68 valence electrons. The molecular formula is C8H8N2O3. The zero-order chi connectivity index (χ0) is 9.84. The first-order valence-corrected chi connectivity index (χ1v) is 3.55. The molecule has 0 aliphatic heterocycles. The van der Waals surface area contributed by atoms with E-state index in [2.05, 4.69) is 4.98 Å². The molecule has 0 spiro atoms. The number of hydrogen-bond acceptors (Lipinski definition) is 3. The number of primary amides is 1. The Bertz CT molecular complexity index is 349. The highest BCUT2D eigenvalue weighted by Crippen LogP contribution is 2.06. The third-order valence-corrected chi connectivity index (χ3v) is 1.51. The largest absolute Gasteiger partial charge is 0.481 e. The van der Waals surface area contributed by atoms with E-state index in [9.17, 15) is 9.59 Å². The maximum atomic E-state index is 10.8. The number of aromatic nitrogens is 1. The van der Waals surface area contributed by atoms with Crippen molar-refractivity contribution in [2.24, 2.45) is 5.73 Å². The van der Waals surface area contributed by atoms with Crippen molar-refractivity contribution in [3.05, 3.63) is 29.6 Å². The van der Waals surface area contributed by atoms with Gasteiger partial charge in [0.25, 0.3) is 0 Å². The normalized spacial score (nSPS) is 9.54. The Morgan fingerprint density at radius 3 is 2.77 bits per heavy atom. The van der Waals surface area contributed by atoms with Gasteiger partial charge in [0.1, 0.15) is 0 Å². The highest BCUT2D eigenvalue weighted by molar-refractivity contribution is 5.95. The van der Waals surface area contributed by atoms with E-state index >= 15 is 0 Å². The summed E-state index contributed by atoms with van der Waals surface area (Å²) in [7, 11) is 0. The number of amides is 1. The lowest BCUT2D eigenvalue weighted by atomic mass is 10.1. The molecule has 0 fully saturated rings. The minimum absolute atomic E-state index is 0.206. The van der Waals surface area contributed by atoms with Crippen LogP contribution in [0.1, 0.15) is 15.9 Å². The quantitative estimate of drug-likeness (QED) is 0.674. The summed E-state index contributed by atoms with van der Waals surface area (Å²) in [6, 6.07) is 1.40. The standard InChI is InChI=1S/C8H8N2O3/c9-8(13)6-1-2-10-4-5(6)3-7(11)12/h1-2,4H,3H2,(H2,9,13)(H,11,12). The number of rotatable bonds is 3. The number of pyridine rings is 1. The van der Waals surface area contributed by atoms with E-state index in [4.69, 9.17) is 10.8 Å². The number of aliphatic carboxylic acids is 1. The molecule has 1 heterocycles. The predicted molar refractivity (Wildman–Crippen MR) is 44.1 cm³/mol. The molecule has 1 aromatic rings. The summed E-state index contributed by atoms with van der Waals surface area (Å²) in [5.74, 6) is -1.66. The highest BCUT2D eigenvalue weighted by atomic mass is 16.4. The average molecular weight is 180 g/mol. The smallest absolute Gasteiger partial charge is 0.307 e. The molecule has 1 rings (SSSR count). The summed E-state index contributed by atoms with van der Waals surface area (Å²) in [6.07, 6.45) is 2.48. The fraction of sp³-hybridized carbons (Fsp3) is 0.125. The lowest BCUT2D eigenvalue weighted by Crippen LogP contribution is -2.15. The van der Waals surface area contributed by atoms with Crippen molar-refractivity contribution < 1.29 is 14.7 Å². The number of hydrogen-bond donors (Lipinski definition) is 2. The van der Waals surface area contributed by atoms with Gasteiger partial charge in [0.05, 0.1) is 6.42 Å². The fourth-order valence-corrected chi connectivity index (χ4v) is 0.971. The van der Waals surface area contributed by atoms with Crippen LogP contribution in [0, 0.1) is 0 Å². The second kappa shape index (κ2) is 3.66. The lowest BCUT2D eigenvalue weighted by molar-refractivity contribution is -0.136. The van der Waals surface area contributed by atoms with Gasteiger partial charge < -0.3 is 10.8 Å². The molecule has 13 heavy (non-hydrogen) atoms. The maximum absolute atomic E-state index is 10.8. The van der Waals surface area contributed by atoms with Gasteiger partial charge >= 0.3 is 5.97 Å². The van der Waals surface area contributed by atoms with Gasteiger partial charge in [-0.15, -0.1) is 0 Å². The molecule has 5 nitrogen and oxygen atoms in total. The highest BCUT2D eigenvalue weighted by Gasteiger charge is 2.10. The first kappa shape index (κ1) is 9.18. The summed E-state index contributed by atoms with van der Waals surface area (Å²) in [5, 5.41) is 8.49. The molecule has 0 saturated heterocycles. The molecule has 0 atom stereocenters. The molecule has 1 aromatic heterocycles. The summed E-state index contributed by atoms with van der Waals surface area (Å²) in [4.78, 5) is 24.9. The van der Waals surface area contributed by atoms with Crippen LogP contribution in [0.4, 0.5) is 0 Å². The van der Waals surface area contributed by atoms with Crippen LogP contribution in [0.25, 0.3) is 0 Å². The Balaban J connectivity index is 3.04. The number of nitrogens with zero attached hydrogens (tertiary/aromatic N) is 1. The van der Waals surface area contributed by atoms with Gasteiger partial charge in [0.2, 0.25) is 5.91 Å². The van der Waals surface area contributed by atoms with Gasteiger partial charge in [-0.05, 0) is 11.6 Å². The van der Waals surface area contributed by atoms with Crippen molar-refractivity contribution in [1.29, 1.82) is 0 Å². The van der Waals surface area contributed by atoms with E-state index in [0.29, 0.717) is 5.56 Å². The molecule has 0 bridgehead atoms. The molecule has 0 radical (unpaired) electrons. The first-order valence-electron chi connectivity index (χ1n) is 3.55. The third-order valence-electron chi connectivity index (χ3n) is 1.51. The summed E-state index contributed by atoms with van der Waals surface area (Å²) >= 11 is 0. The van der Waals surface area contributed by atoms with E-state index in [1.807, 2.05) is 0 Å². The molecule has 3 N–H and O–H groups in total. The van der Waals surface area contributed by atoms with E-state index in [1.54, 1.807) is 0 Å². The Morgan fingerprint density at radius 2 is 2.23 bits per heavy atom. The van der Waals surface area contributed by atoms with Gasteiger partial charge in [-0.3, -0.25) is 14.6 Å². The van der Waals surface area contributed by atoms with E-state index < -0.39 is 11.9 Å². The molecule has 0 aliphatic rings. The van der Waals surface area contributed by atoms with Gasteiger partial charge in [-0.25, -0.2) is 0 Å². The van der Waals surface area contributed by atoms with Crippen LogP contribution in [0.5, 0.6) is 0 Å². The number of carboxylic acid groups (broad SMARTS) is 1. The van der Waals surface area contributed by atoms with Crippen molar-refractivity contribution in [3.63, 3.8) is 0 Å². The third kappa shape index (κ3) is 2.26. The number of carbonyl (C=O) groups is 2. The summed E-state index contributed by atoms with van der Waals surface area (Å²) in [6.45, 7) is 0. The minimum Gasteiger partial charge on any atom is -0.481 e. The first-order chi connectivity index (χ1) is 6.11. The van der Waals surface area contributed by atoms with Crippen LogP contribution in [0.15, 0.2) is 18.5 Å². The van der Waals surface area contributed by atoms with E-state index in [-0.39, 0.29) is 12.0 Å². The second-order valence-electron chi connectivity index (χ2n) is 2.47. The van der Waals surface area contributed by atoms with Gasteiger partial charge in [-0.2, -0.15) is 0 Å². The van der Waals surface area contributed by atoms with E-state index in [0.717, 1.165) is 0 Å². The monoisotopic (exact) mass is 180 g/mol. The van der Waals surface area contributed by atoms with Crippen molar-refractivity contribution in [3.8, 4) is 0 Å². The molecule has 1 amide bonds. The van der Waals surface area contributed by atoms with Crippen LogP contribution >= 0.6 is 0 Å². The Kier molecular flexibility index (Phi) is 2.59. The topological polar surface area (TPSA) is 93.3 Å². The van der Waals surface area contributed by atoms with Crippen LogP contribution in [0.3, 0.4) is 0 Å². The SMILES string of the molecule is NC(=O)c1ccncc1CC(=O)O. The van der Waals surface area contributed by atoms with Crippen LogP contribution in [-0.4, -0.2) is 22.0 Å². The molecule has 0 unspecified atom stereocenters. The van der Waals surface area contributed by atoms with Crippen molar-refractivity contribution in [2.75, 3.05) is 0 Å². The van der Waals surface area contributed by atoms with Crippen molar-refractivity contribution in [1.82, 2.24) is 4.98 Å². The second-order valence-corrected chi connectivity index (χ2v) is 2.47.